The van der Waals surface area contributed by atoms with Crippen molar-refractivity contribution in [2.45, 2.75) is 137 Å². The number of hydrogen-bond donors (Lipinski definition) is 4. The third-order valence-corrected chi connectivity index (χ3v) is 9.77. The molecule has 8 atom stereocenters. The summed E-state index contributed by atoms with van der Waals surface area (Å²) in [4.78, 5) is 53.6. The monoisotopic (exact) mass is 700 g/mol. The second kappa shape index (κ2) is 24.8. The standard InChI is InChI=1S/C18H37N3O3.C14H25BN2O5.C3H8/c1-9-13(5)17(14(10-2)24-8)21(7)15(22)11-20-18(23)16(19-6)12(3)4;1-10(13(22-2)11-5-3-7-16(11)9-18)14(19)17-8-4-6-12(17)15(20)21;1-3-2/h12-14,16-17,19H,9-11H2,1-8H3,(H,20,23);9-13,20-21H,3-8H2,1-2H3;3H2,1-2H3/t;10?,11?,12-,13?;/m.0./s1. The molecule has 7 unspecified atom stereocenters. The molecule has 4 amide bonds. The topological polar surface area (TPSA) is 161 Å². The summed E-state index contributed by atoms with van der Waals surface area (Å²) in [6.45, 7) is 17.5. The number of nitrogens with zero attached hydrogens (tertiary/aromatic N) is 3. The summed E-state index contributed by atoms with van der Waals surface area (Å²) in [6.07, 6.45) is 6.57. The van der Waals surface area contributed by atoms with Gasteiger partial charge in [0, 0.05) is 34.4 Å². The van der Waals surface area contributed by atoms with E-state index in [-0.39, 0.29) is 60.5 Å². The molecule has 2 rings (SSSR count). The lowest BCUT2D eigenvalue weighted by Crippen LogP contribution is -2.53. The van der Waals surface area contributed by atoms with E-state index < -0.39 is 19.0 Å². The fraction of sp³-hybridized carbons (Fsp3) is 0.886. The van der Waals surface area contributed by atoms with Gasteiger partial charge in [0.25, 0.3) is 0 Å². The Morgan fingerprint density at radius 3 is 2.02 bits per heavy atom. The molecular weight excluding hydrogens is 629 g/mol. The van der Waals surface area contributed by atoms with Crippen molar-refractivity contribution in [3.8, 4) is 0 Å². The van der Waals surface area contributed by atoms with Crippen LogP contribution in [0.1, 0.15) is 100 Å². The number of ether oxygens (including phenoxy) is 2. The Kier molecular flexibility index (Phi) is 23.7. The van der Waals surface area contributed by atoms with Crippen LogP contribution in [0.15, 0.2) is 0 Å². The number of nitrogens with one attached hydrogen (secondary N) is 2. The molecule has 2 aliphatic heterocycles. The van der Waals surface area contributed by atoms with E-state index >= 15 is 0 Å². The summed E-state index contributed by atoms with van der Waals surface area (Å²) >= 11 is 0. The number of methoxy groups -OCH3 is 2. The highest BCUT2D eigenvalue weighted by atomic mass is 16.5. The molecule has 0 radical (unpaired) electrons. The van der Waals surface area contributed by atoms with Crippen molar-refractivity contribution < 1.29 is 38.7 Å². The molecular formula is C35H70BN5O8. The number of carbonyl (C=O) groups is 4. The number of likely N-dealkylation sites (N-methyl/N-ethyl adjacent to an activating group) is 2. The molecule has 14 heteroatoms. The van der Waals surface area contributed by atoms with Gasteiger partial charge in [-0.05, 0) is 51.0 Å². The zero-order valence-corrected chi connectivity index (χ0v) is 32.6. The Morgan fingerprint density at radius 1 is 0.980 bits per heavy atom. The number of rotatable bonds is 17. The van der Waals surface area contributed by atoms with Crippen LogP contribution >= 0.6 is 0 Å². The maximum atomic E-state index is 12.7. The van der Waals surface area contributed by atoms with Gasteiger partial charge in [-0.1, -0.05) is 68.2 Å². The van der Waals surface area contributed by atoms with E-state index in [0.29, 0.717) is 25.4 Å². The molecule has 13 nitrogen and oxygen atoms in total. The van der Waals surface area contributed by atoms with Crippen LogP contribution < -0.4 is 10.6 Å². The second-order valence-electron chi connectivity index (χ2n) is 13.7. The van der Waals surface area contributed by atoms with E-state index in [1.807, 2.05) is 13.8 Å². The molecule has 0 aromatic heterocycles. The first-order chi connectivity index (χ1) is 23.2. The molecule has 286 valence electrons. The number of hydrogen-bond acceptors (Lipinski definition) is 9. The Labute approximate surface area is 297 Å². The van der Waals surface area contributed by atoms with Gasteiger partial charge in [0.2, 0.25) is 24.1 Å². The number of carbonyl (C=O) groups excluding carboxylic acids is 4. The lowest BCUT2D eigenvalue weighted by Gasteiger charge is -2.37. The van der Waals surface area contributed by atoms with Gasteiger partial charge in [-0.25, -0.2) is 0 Å². The molecule has 2 aliphatic rings. The highest BCUT2D eigenvalue weighted by Crippen LogP contribution is 2.28. The quantitative estimate of drug-likeness (QED) is 0.132. The van der Waals surface area contributed by atoms with Crippen LogP contribution in [-0.2, 0) is 28.7 Å². The minimum atomic E-state index is -1.52. The van der Waals surface area contributed by atoms with Crippen LogP contribution in [0.5, 0.6) is 0 Å². The molecule has 0 aromatic carbocycles. The molecule has 2 fully saturated rings. The summed E-state index contributed by atoms with van der Waals surface area (Å²) in [5.41, 5.74) is 0. The van der Waals surface area contributed by atoms with Crippen LogP contribution in [0.3, 0.4) is 0 Å². The van der Waals surface area contributed by atoms with Crippen molar-refractivity contribution in [2.24, 2.45) is 17.8 Å². The Balaban J connectivity index is 0.000000871. The van der Waals surface area contributed by atoms with E-state index in [1.165, 1.54) is 6.42 Å². The van der Waals surface area contributed by atoms with Gasteiger partial charge >= 0.3 is 7.12 Å². The lowest BCUT2D eigenvalue weighted by molar-refractivity contribution is -0.142. The summed E-state index contributed by atoms with van der Waals surface area (Å²) in [5, 5.41) is 24.6. The Hall–Kier alpha value is -2.26. The van der Waals surface area contributed by atoms with Gasteiger partial charge < -0.3 is 44.9 Å². The Bertz CT molecular complexity index is 957. The summed E-state index contributed by atoms with van der Waals surface area (Å²) < 4.78 is 11.1. The van der Waals surface area contributed by atoms with Crippen LogP contribution in [0.2, 0.25) is 0 Å². The average Bonchev–Trinajstić information content (AvgIpc) is 3.77. The predicted octanol–water partition coefficient (Wildman–Crippen LogP) is 2.32. The van der Waals surface area contributed by atoms with Crippen LogP contribution in [-0.4, -0.2) is 140 Å². The molecule has 0 bridgehead atoms. The smallest absolute Gasteiger partial charge is 0.426 e. The summed E-state index contributed by atoms with van der Waals surface area (Å²) in [7, 11) is 5.27. The number of amides is 4. The molecule has 4 N–H and O–H groups in total. The van der Waals surface area contributed by atoms with Crippen molar-refractivity contribution in [1.29, 1.82) is 0 Å². The third kappa shape index (κ3) is 14.1. The highest BCUT2D eigenvalue weighted by Gasteiger charge is 2.43. The third-order valence-electron chi connectivity index (χ3n) is 9.77. The van der Waals surface area contributed by atoms with Gasteiger partial charge in [0.1, 0.15) is 0 Å². The molecule has 0 spiro atoms. The van der Waals surface area contributed by atoms with Gasteiger partial charge in [-0.2, -0.15) is 0 Å². The first-order valence-corrected chi connectivity index (χ1v) is 18.3. The molecule has 2 heterocycles. The molecule has 2 saturated heterocycles. The maximum absolute atomic E-state index is 12.7. The van der Waals surface area contributed by atoms with Gasteiger partial charge in [0.05, 0.1) is 48.7 Å². The molecule has 0 saturated carbocycles. The zero-order chi connectivity index (χ0) is 37.8. The van der Waals surface area contributed by atoms with Crippen LogP contribution in [0.25, 0.3) is 0 Å². The van der Waals surface area contributed by atoms with Gasteiger partial charge in [-0.15, -0.1) is 0 Å². The van der Waals surface area contributed by atoms with Crippen molar-refractivity contribution >= 4 is 31.3 Å². The van der Waals surface area contributed by atoms with Gasteiger partial charge in [-0.3, -0.25) is 19.2 Å². The molecule has 0 aliphatic carbocycles. The van der Waals surface area contributed by atoms with E-state index in [0.717, 1.165) is 38.5 Å². The largest absolute Gasteiger partial charge is 0.475 e. The minimum absolute atomic E-state index is 0.000372. The van der Waals surface area contributed by atoms with Crippen LogP contribution in [0, 0.1) is 17.8 Å². The molecule has 49 heavy (non-hydrogen) atoms. The number of likely N-dealkylation sites (tertiary alicyclic amines) is 2. The van der Waals surface area contributed by atoms with Crippen LogP contribution in [0.4, 0.5) is 0 Å². The van der Waals surface area contributed by atoms with Crippen molar-refractivity contribution in [1.82, 2.24) is 25.3 Å². The normalized spacial score (nSPS) is 20.9. The SMILES string of the molecule is CCC.CCC(C)C(C(CC)OC)N(C)C(=O)CNC(=O)C(NC)C(C)C.COC(C(C)C(=O)N1CCC[C@H]1B(O)O)C1CCCN1C=O. The Morgan fingerprint density at radius 2 is 1.57 bits per heavy atom. The fourth-order valence-corrected chi connectivity index (χ4v) is 6.89. The second-order valence-corrected chi connectivity index (χ2v) is 13.7. The summed E-state index contributed by atoms with van der Waals surface area (Å²) in [5.74, 6) is -0.877. The van der Waals surface area contributed by atoms with Crippen molar-refractivity contribution in [3.05, 3.63) is 0 Å². The first kappa shape index (κ1) is 46.7. The highest BCUT2D eigenvalue weighted by molar-refractivity contribution is 6.43. The zero-order valence-electron chi connectivity index (χ0n) is 32.6. The fourth-order valence-electron chi connectivity index (χ4n) is 6.89. The predicted molar refractivity (Wildman–Crippen MR) is 194 cm³/mol. The maximum Gasteiger partial charge on any atom is 0.475 e. The van der Waals surface area contributed by atoms with E-state index in [4.69, 9.17) is 9.47 Å². The minimum Gasteiger partial charge on any atom is -0.426 e. The van der Waals surface area contributed by atoms with E-state index in [1.54, 1.807) is 49.9 Å². The average molecular weight is 700 g/mol. The van der Waals surface area contributed by atoms with Crippen molar-refractivity contribution in [2.75, 3.05) is 47.9 Å². The first-order valence-electron chi connectivity index (χ1n) is 18.3. The van der Waals surface area contributed by atoms with Crippen molar-refractivity contribution in [3.63, 3.8) is 0 Å². The summed E-state index contributed by atoms with van der Waals surface area (Å²) in [6, 6.07) is -0.392. The lowest BCUT2D eigenvalue weighted by atomic mass is 9.77. The molecule has 0 aromatic rings. The van der Waals surface area contributed by atoms with Gasteiger partial charge in [0.15, 0.2) is 0 Å². The van der Waals surface area contributed by atoms with E-state index in [9.17, 15) is 29.2 Å². The van der Waals surface area contributed by atoms with E-state index in [2.05, 4.69) is 45.3 Å².